The first kappa shape index (κ1) is 22.3. The first-order chi connectivity index (χ1) is 11.8. The normalized spacial score (nSPS) is 26.3. The largest absolute Gasteiger partial charge is 0.0856 e. The molecular formula is C25H44. The first-order valence-corrected chi connectivity index (χ1v) is 10.8. The summed E-state index contributed by atoms with van der Waals surface area (Å²) < 4.78 is 0. The predicted octanol–water partition coefficient (Wildman–Crippen LogP) is 8.50. The van der Waals surface area contributed by atoms with Crippen LogP contribution in [0.1, 0.15) is 99.8 Å². The van der Waals surface area contributed by atoms with E-state index in [9.17, 15) is 0 Å². The van der Waals surface area contributed by atoms with E-state index < -0.39 is 0 Å². The van der Waals surface area contributed by atoms with E-state index >= 15 is 0 Å². The van der Waals surface area contributed by atoms with Crippen molar-refractivity contribution in [3.63, 3.8) is 0 Å². The first-order valence-electron chi connectivity index (χ1n) is 10.8. The number of hydrogen-bond acceptors (Lipinski definition) is 0. The SMILES string of the molecule is CC(C)=CCCC(C)=CCC1=CC[C@H](C)CC[C@H](C(C)C)CC[C@H]1C. The van der Waals surface area contributed by atoms with Crippen LogP contribution in [0.2, 0.25) is 0 Å². The molecule has 1 aliphatic carbocycles. The van der Waals surface area contributed by atoms with E-state index in [4.69, 9.17) is 0 Å². The van der Waals surface area contributed by atoms with Gasteiger partial charge in [0.2, 0.25) is 0 Å². The lowest BCUT2D eigenvalue weighted by atomic mass is 9.79. The van der Waals surface area contributed by atoms with E-state index in [1.54, 1.807) is 11.1 Å². The van der Waals surface area contributed by atoms with Gasteiger partial charge in [0.05, 0.1) is 0 Å². The summed E-state index contributed by atoms with van der Waals surface area (Å²) in [6.07, 6.45) is 17.9. The van der Waals surface area contributed by atoms with Gasteiger partial charge in [0.25, 0.3) is 0 Å². The molecule has 0 nitrogen and oxygen atoms in total. The fourth-order valence-corrected chi connectivity index (χ4v) is 3.90. The van der Waals surface area contributed by atoms with Crippen LogP contribution in [0.5, 0.6) is 0 Å². The van der Waals surface area contributed by atoms with Crippen LogP contribution < -0.4 is 0 Å². The zero-order chi connectivity index (χ0) is 18.8. The molecule has 0 spiro atoms. The molecule has 0 N–H and O–H groups in total. The quantitative estimate of drug-likeness (QED) is 0.424. The molecule has 0 amide bonds. The maximum atomic E-state index is 2.59. The molecule has 0 aromatic heterocycles. The molecule has 0 aromatic rings. The minimum atomic E-state index is 0.744. The molecule has 1 aliphatic rings. The number of hydrogen-bond donors (Lipinski definition) is 0. The van der Waals surface area contributed by atoms with Gasteiger partial charge in [-0.3, -0.25) is 0 Å². The summed E-state index contributed by atoms with van der Waals surface area (Å²) in [5.74, 6) is 3.34. The molecule has 25 heavy (non-hydrogen) atoms. The van der Waals surface area contributed by atoms with Gasteiger partial charge in [-0.1, -0.05) is 69.1 Å². The van der Waals surface area contributed by atoms with Gasteiger partial charge in [-0.25, -0.2) is 0 Å². The highest BCUT2D eigenvalue weighted by Crippen LogP contribution is 2.32. The zero-order valence-corrected chi connectivity index (χ0v) is 18.2. The molecule has 0 heterocycles. The van der Waals surface area contributed by atoms with E-state index in [1.807, 2.05) is 0 Å². The van der Waals surface area contributed by atoms with Crippen LogP contribution in [0, 0.1) is 23.7 Å². The average Bonchev–Trinajstić information content (AvgIpc) is 2.53. The van der Waals surface area contributed by atoms with Gasteiger partial charge in [-0.15, -0.1) is 0 Å². The topological polar surface area (TPSA) is 0 Å². The van der Waals surface area contributed by atoms with Crippen LogP contribution in [-0.4, -0.2) is 0 Å². The average molecular weight is 345 g/mol. The Bertz CT molecular complexity index is 456. The number of rotatable bonds is 6. The highest BCUT2D eigenvalue weighted by molar-refractivity contribution is 5.14. The molecule has 0 aliphatic heterocycles. The third kappa shape index (κ3) is 9.47. The molecule has 0 saturated carbocycles. The van der Waals surface area contributed by atoms with Crippen molar-refractivity contribution in [2.75, 3.05) is 0 Å². The van der Waals surface area contributed by atoms with Crippen molar-refractivity contribution in [1.82, 2.24) is 0 Å². The van der Waals surface area contributed by atoms with Crippen molar-refractivity contribution in [2.45, 2.75) is 99.8 Å². The Labute approximate surface area is 158 Å². The lowest BCUT2D eigenvalue weighted by Crippen LogP contribution is -2.14. The highest BCUT2D eigenvalue weighted by Gasteiger charge is 2.19. The summed E-state index contributed by atoms with van der Waals surface area (Å²) in [4.78, 5) is 0. The lowest BCUT2D eigenvalue weighted by Gasteiger charge is -2.26. The van der Waals surface area contributed by atoms with E-state index in [1.165, 1.54) is 56.9 Å². The summed E-state index contributed by atoms with van der Waals surface area (Å²) in [6, 6.07) is 0. The van der Waals surface area contributed by atoms with Crippen molar-refractivity contribution < 1.29 is 0 Å². The molecule has 1 rings (SSSR count). The minimum Gasteiger partial charge on any atom is -0.0856 e. The van der Waals surface area contributed by atoms with Crippen LogP contribution in [0.3, 0.4) is 0 Å². The maximum absolute atomic E-state index is 2.59. The van der Waals surface area contributed by atoms with Gasteiger partial charge in [0, 0.05) is 0 Å². The van der Waals surface area contributed by atoms with Crippen molar-refractivity contribution in [3.8, 4) is 0 Å². The van der Waals surface area contributed by atoms with Crippen LogP contribution in [0.25, 0.3) is 0 Å². The van der Waals surface area contributed by atoms with Crippen molar-refractivity contribution in [1.29, 1.82) is 0 Å². The Morgan fingerprint density at radius 1 is 1.04 bits per heavy atom. The lowest BCUT2D eigenvalue weighted by molar-refractivity contribution is 0.287. The summed E-state index contributed by atoms with van der Waals surface area (Å²) in [5, 5.41) is 0. The van der Waals surface area contributed by atoms with Gasteiger partial charge in [0.15, 0.2) is 0 Å². The second-order valence-corrected chi connectivity index (χ2v) is 9.25. The molecule has 0 saturated heterocycles. The molecule has 0 aromatic carbocycles. The van der Waals surface area contributed by atoms with Crippen molar-refractivity contribution in [2.24, 2.45) is 23.7 Å². The molecule has 0 unspecified atom stereocenters. The third-order valence-corrected chi connectivity index (χ3v) is 6.14. The van der Waals surface area contributed by atoms with Crippen molar-refractivity contribution >= 4 is 0 Å². The summed E-state index contributed by atoms with van der Waals surface area (Å²) in [5.41, 5.74) is 4.68. The second-order valence-electron chi connectivity index (χ2n) is 9.25. The summed E-state index contributed by atoms with van der Waals surface area (Å²) in [6.45, 7) is 16.4. The monoisotopic (exact) mass is 344 g/mol. The Hall–Kier alpha value is -0.780. The van der Waals surface area contributed by atoms with E-state index in [0.717, 1.165) is 23.7 Å². The molecule has 144 valence electrons. The highest BCUT2D eigenvalue weighted by atomic mass is 14.2. The van der Waals surface area contributed by atoms with Crippen LogP contribution >= 0.6 is 0 Å². The Morgan fingerprint density at radius 2 is 1.72 bits per heavy atom. The second kappa shape index (κ2) is 11.8. The Balaban J connectivity index is 2.69. The van der Waals surface area contributed by atoms with Crippen molar-refractivity contribution in [3.05, 3.63) is 34.9 Å². The van der Waals surface area contributed by atoms with Gasteiger partial charge >= 0.3 is 0 Å². The van der Waals surface area contributed by atoms with Gasteiger partial charge in [-0.2, -0.15) is 0 Å². The summed E-state index contributed by atoms with van der Waals surface area (Å²) in [7, 11) is 0. The van der Waals surface area contributed by atoms with Gasteiger partial charge in [0.1, 0.15) is 0 Å². The fraction of sp³-hybridized carbons (Fsp3) is 0.760. The summed E-state index contributed by atoms with van der Waals surface area (Å²) >= 11 is 0. The molecule has 0 heteroatoms. The van der Waals surface area contributed by atoms with E-state index in [0.29, 0.717) is 0 Å². The Morgan fingerprint density at radius 3 is 2.36 bits per heavy atom. The predicted molar refractivity (Wildman–Crippen MR) is 115 cm³/mol. The molecule has 3 atom stereocenters. The zero-order valence-electron chi connectivity index (χ0n) is 18.2. The molecule has 0 fully saturated rings. The van der Waals surface area contributed by atoms with Crippen LogP contribution in [0.4, 0.5) is 0 Å². The van der Waals surface area contributed by atoms with Gasteiger partial charge in [-0.05, 0) is 89.4 Å². The Kier molecular flexibility index (Phi) is 10.5. The smallest absolute Gasteiger partial charge is 0.0134 e. The molecule has 0 bridgehead atoms. The third-order valence-electron chi connectivity index (χ3n) is 6.14. The van der Waals surface area contributed by atoms with Crippen LogP contribution in [-0.2, 0) is 0 Å². The van der Waals surface area contributed by atoms with E-state index in [2.05, 4.69) is 66.7 Å². The minimum absolute atomic E-state index is 0.744. The fourth-order valence-electron chi connectivity index (χ4n) is 3.90. The van der Waals surface area contributed by atoms with Crippen LogP contribution in [0.15, 0.2) is 34.9 Å². The maximum Gasteiger partial charge on any atom is -0.0134 e. The molecule has 0 radical (unpaired) electrons. The van der Waals surface area contributed by atoms with E-state index in [-0.39, 0.29) is 0 Å². The number of allylic oxidation sites excluding steroid dienone is 6. The standard InChI is InChI=1S/C25H44/c1-19(2)9-8-10-21(5)12-16-25-17-13-22(6)11-15-24(20(3)4)18-14-23(25)7/h9,12,17,20,22-24H,8,10-11,13-16,18H2,1-7H3/t22-,23-,24+/m1/s1. The van der Waals surface area contributed by atoms with Gasteiger partial charge < -0.3 is 0 Å². The molecular weight excluding hydrogens is 300 g/mol.